The molecule has 3 rings (SSSR count). The summed E-state index contributed by atoms with van der Waals surface area (Å²) in [5.41, 5.74) is 2.23. The second-order valence-electron chi connectivity index (χ2n) is 6.90. The van der Waals surface area contributed by atoms with Gasteiger partial charge in [-0.05, 0) is 38.8 Å². The number of aryl methyl sites for hydroxylation is 2. The Bertz CT molecular complexity index is 694. The van der Waals surface area contributed by atoms with Gasteiger partial charge in [0.05, 0.1) is 24.0 Å². The average Bonchev–Trinajstić information content (AvgIpc) is 3.10. The highest BCUT2D eigenvalue weighted by molar-refractivity contribution is 5.35. The number of likely N-dealkylation sites (tertiary alicyclic amines) is 1. The van der Waals surface area contributed by atoms with E-state index in [0.717, 1.165) is 42.1 Å². The van der Waals surface area contributed by atoms with Crippen molar-refractivity contribution in [3.63, 3.8) is 0 Å². The van der Waals surface area contributed by atoms with Crippen molar-refractivity contribution >= 4 is 0 Å². The standard InChI is InChI=1S/C19H27N3O2/c1-14-17(18(24-4)21(3)20-14)16-11-8-12-22(16)13-19(2,23)15-9-6-5-7-10-15/h5-7,9-10,16,23H,8,11-13H2,1-4H3/t16-,19+/m0/s1. The highest BCUT2D eigenvalue weighted by Gasteiger charge is 2.36. The van der Waals surface area contributed by atoms with Crippen LogP contribution in [0.4, 0.5) is 0 Å². The number of methoxy groups -OCH3 is 1. The van der Waals surface area contributed by atoms with Crippen LogP contribution in [0.5, 0.6) is 5.88 Å². The molecule has 2 aromatic rings. The Labute approximate surface area is 143 Å². The van der Waals surface area contributed by atoms with Gasteiger partial charge in [0.2, 0.25) is 5.88 Å². The Kier molecular flexibility index (Phi) is 4.65. The van der Waals surface area contributed by atoms with Gasteiger partial charge < -0.3 is 9.84 Å². The van der Waals surface area contributed by atoms with Crippen LogP contribution in [0.25, 0.3) is 0 Å². The van der Waals surface area contributed by atoms with E-state index in [9.17, 15) is 5.11 Å². The maximum absolute atomic E-state index is 11.0. The fourth-order valence-electron chi connectivity index (χ4n) is 3.91. The van der Waals surface area contributed by atoms with Crippen molar-refractivity contribution in [3.8, 4) is 5.88 Å². The van der Waals surface area contributed by atoms with Crippen molar-refractivity contribution in [1.82, 2.24) is 14.7 Å². The summed E-state index contributed by atoms with van der Waals surface area (Å²) >= 11 is 0. The lowest BCUT2D eigenvalue weighted by Gasteiger charge is -2.33. The number of ether oxygens (including phenoxy) is 1. The van der Waals surface area contributed by atoms with Crippen LogP contribution < -0.4 is 4.74 Å². The SMILES string of the molecule is COc1c([C@@H]2CCCN2C[C@@](C)(O)c2ccccc2)c(C)nn1C. The number of aromatic nitrogens is 2. The van der Waals surface area contributed by atoms with E-state index in [1.54, 1.807) is 11.8 Å². The molecule has 0 bridgehead atoms. The number of β-amino-alcohol motifs (C(OH)–C–C–N with tert-alkyl or cyclic N) is 1. The molecule has 0 unspecified atom stereocenters. The van der Waals surface area contributed by atoms with Crippen LogP contribution in [-0.4, -0.2) is 40.0 Å². The van der Waals surface area contributed by atoms with E-state index in [-0.39, 0.29) is 6.04 Å². The molecule has 130 valence electrons. The zero-order valence-corrected chi connectivity index (χ0v) is 15.0. The lowest BCUT2D eigenvalue weighted by Crippen LogP contribution is -2.38. The van der Waals surface area contributed by atoms with E-state index in [1.807, 2.05) is 51.2 Å². The fourth-order valence-corrected chi connectivity index (χ4v) is 3.91. The molecule has 0 radical (unpaired) electrons. The monoisotopic (exact) mass is 329 g/mol. The molecule has 5 heteroatoms. The molecule has 1 N–H and O–H groups in total. The molecule has 2 heterocycles. The van der Waals surface area contributed by atoms with Gasteiger partial charge in [-0.25, -0.2) is 4.68 Å². The maximum Gasteiger partial charge on any atom is 0.216 e. The quantitative estimate of drug-likeness (QED) is 0.916. The van der Waals surface area contributed by atoms with Crippen molar-refractivity contribution in [2.45, 2.75) is 38.3 Å². The molecular weight excluding hydrogens is 302 g/mol. The summed E-state index contributed by atoms with van der Waals surface area (Å²) < 4.78 is 7.39. The maximum atomic E-state index is 11.0. The first-order valence-corrected chi connectivity index (χ1v) is 8.53. The molecule has 1 fully saturated rings. The number of aliphatic hydroxyl groups is 1. The minimum absolute atomic E-state index is 0.240. The Morgan fingerprint density at radius 1 is 1.33 bits per heavy atom. The molecule has 1 aromatic heterocycles. The molecule has 0 spiro atoms. The van der Waals surface area contributed by atoms with E-state index in [4.69, 9.17) is 4.74 Å². The first-order chi connectivity index (χ1) is 11.4. The van der Waals surface area contributed by atoms with Gasteiger partial charge in [0.25, 0.3) is 0 Å². The number of benzene rings is 1. The van der Waals surface area contributed by atoms with E-state index >= 15 is 0 Å². The van der Waals surface area contributed by atoms with Crippen LogP contribution in [0, 0.1) is 6.92 Å². The van der Waals surface area contributed by atoms with Crippen LogP contribution in [0.3, 0.4) is 0 Å². The molecule has 5 nitrogen and oxygen atoms in total. The Morgan fingerprint density at radius 2 is 2.04 bits per heavy atom. The van der Waals surface area contributed by atoms with Gasteiger partial charge >= 0.3 is 0 Å². The number of nitrogens with zero attached hydrogens (tertiary/aromatic N) is 3. The first-order valence-electron chi connectivity index (χ1n) is 8.53. The highest BCUT2D eigenvalue weighted by Crippen LogP contribution is 2.40. The molecule has 0 saturated carbocycles. The number of hydrogen-bond donors (Lipinski definition) is 1. The third-order valence-electron chi connectivity index (χ3n) is 5.01. The molecular formula is C19H27N3O2. The Hall–Kier alpha value is -1.85. The molecule has 2 atom stereocenters. The first kappa shape index (κ1) is 17.0. The van der Waals surface area contributed by atoms with Crippen LogP contribution in [-0.2, 0) is 12.6 Å². The molecule has 24 heavy (non-hydrogen) atoms. The van der Waals surface area contributed by atoms with Crippen LogP contribution in [0.1, 0.15) is 42.6 Å². The van der Waals surface area contributed by atoms with Crippen LogP contribution >= 0.6 is 0 Å². The number of rotatable bonds is 5. The predicted molar refractivity (Wildman–Crippen MR) is 94.1 cm³/mol. The topological polar surface area (TPSA) is 50.5 Å². The second kappa shape index (κ2) is 6.57. The third kappa shape index (κ3) is 3.06. The van der Waals surface area contributed by atoms with Gasteiger partial charge in [0.15, 0.2) is 0 Å². The summed E-state index contributed by atoms with van der Waals surface area (Å²) in [6.07, 6.45) is 2.18. The molecule has 0 amide bonds. The number of hydrogen-bond acceptors (Lipinski definition) is 4. The second-order valence-corrected chi connectivity index (χ2v) is 6.90. The zero-order chi connectivity index (χ0) is 17.3. The van der Waals surface area contributed by atoms with E-state index in [2.05, 4.69) is 10.00 Å². The van der Waals surface area contributed by atoms with Crippen molar-refractivity contribution in [2.24, 2.45) is 7.05 Å². The van der Waals surface area contributed by atoms with Crippen LogP contribution in [0.2, 0.25) is 0 Å². The summed E-state index contributed by atoms with van der Waals surface area (Å²) in [5, 5.41) is 15.5. The van der Waals surface area contributed by atoms with Gasteiger partial charge in [0, 0.05) is 19.6 Å². The fraction of sp³-hybridized carbons (Fsp3) is 0.526. The largest absolute Gasteiger partial charge is 0.481 e. The normalized spacial score (nSPS) is 21.0. The van der Waals surface area contributed by atoms with Crippen LogP contribution in [0.15, 0.2) is 30.3 Å². The zero-order valence-electron chi connectivity index (χ0n) is 15.0. The van der Waals surface area contributed by atoms with Crippen molar-refractivity contribution in [1.29, 1.82) is 0 Å². The summed E-state index contributed by atoms with van der Waals surface area (Å²) in [6, 6.07) is 10.1. The van der Waals surface area contributed by atoms with E-state index < -0.39 is 5.60 Å². The molecule has 0 aliphatic carbocycles. The molecule has 1 aliphatic heterocycles. The lowest BCUT2D eigenvalue weighted by atomic mass is 9.94. The third-order valence-corrected chi connectivity index (χ3v) is 5.01. The van der Waals surface area contributed by atoms with Gasteiger partial charge in [-0.1, -0.05) is 30.3 Å². The van der Waals surface area contributed by atoms with Crippen molar-refractivity contribution in [2.75, 3.05) is 20.2 Å². The van der Waals surface area contributed by atoms with Crippen molar-refractivity contribution in [3.05, 3.63) is 47.2 Å². The predicted octanol–water partition coefficient (Wildman–Crippen LogP) is 2.78. The van der Waals surface area contributed by atoms with E-state index in [1.165, 1.54) is 0 Å². The molecule has 1 aliphatic rings. The van der Waals surface area contributed by atoms with E-state index in [0.29, 0.717) is 6.54 Å². The summed E-state index contributed by atoms with van der Waals surface area (Å²) in [5.74, 6) is 0.823. The Morgan fingerprint density at radius 3 is 2.71 bits per heavy atom. The minimum atomic E-state index is -0.882. The summed E-state index contributed by atoms with van der Waals surface area (Å²) in [4.78, 5) is 2.36. The van der Waals surface area contributed by atoms with Gasteiger partial charge in [-0.2, -0.15) is 5.10 Å². The van der Waals surface area contributed by atoms with Gasteiger partial charge in [-0.15, -0.1) is 0 Å². The average molecular weight is 329 g/mol. The smallest absolute Gasteiger partial charge is 0.216 e. The molecule has 1 aromatic carbocycles. The summed E-state index contributed by atoms with van der Waals surface area (Å²) in [6.45, 7) is 5.50. The highest BCUT2D eigenvalue weighted by atomic mass is 16.5. The van der Waals surface area contributed by atoms with Gasteiger partial charge in [-0.3, -0.25) is 4.90 Å². The van der Waals surface area contributed by atoms with Gasteiger partial charge in [0.1, 0.15) is 0 Å². The summed E-state index contributed by atoms with van der Waals surface area (Å²) in [7, 11) is 3.61. The molecule has 1 saturated heterocycles. The van der Waals surface area contributed by atoms with Crippen molar-refractivity contribution < 1.29 is 9.84 Å². The minimum Gasteiger partial charge on any atom is -0.481 e. The Balaban J connectivity index is 1.87. The lowest BCUT2D eigenvalue weighted by molar-refractivity contribution is 0.0113.